The molecule has 0 saturated carbocycles. The van der Waals surface area contributed by atoms with Crippen LogP contribution in [-0.4, -0.2) is 47.8 Å². The van der Waals surface area contributed by atoms with Gasteiger partial charge in [0, 0.05) is 0 Å². The minimum Gasteiger partial charge on any atom is -0.477 e. The Hall–Kier alpha value is -4.40. The van der Waals surface area contributed by atoms with Gasteiger partial charge in [0.05, 0.1) is 12.2 Å². The van der Waals surface area contributed by atoms with Crippen LogP contribution in [0.1, 0.15) is 12.5 Å². The zero-order valence-corrected chi connectivity index (χ0v) is 18.4. The number of hydrogen-bond donors (Lipinski definition) is 2. The summed E-state index contributed by atoms with van der Waals surface area (Å²) >= 11 is 0. The first-order valence-corrected chi connectivity index (χ1v) is 10.8. The van der Waals surface area contributed by atoms with Crippen LogP contribution in [0.5, 0.6) is 5.75 Å². The molecule has 1 fully saturated rings. The van der Waals surface area contributed by atoms with Gasteiger partial charge >= 0.3 is 6.03 Å². The van der Waals surface area contributed by atoms with E-state index in [0.717, 1.165) is 15.7 Å². The fourth-order valence-corrected chi connectivity index (χ4v) is 4.38. The van der Waals surface area contributed by atoms with Crippen molar-refractivity contribution in [2.24, 2.45) is 5.73 Å². The lowest BCUT2D eigenvalue weighted by Crippen LogP contribution is -2.52. The van der Waals surface area contributed by atoms with E-state index < -0.39 is 41.9 Å². The second kappa shape index (κ2) is 7.87. The summed E-state index contributed by atoms with van der Waals surface area (Å²) in [6, 6.07) is 19.3. The summed E-state index contributed by atoms with van der Waals surface area (Å²) in [7, 11) is 0. The molecule has 0 bridgehead atoms. The number of anilines is 1. The second-order valence-corrected chi connectivity index (χ2v) is 8.49. The fourth-order valence-electron chi connectivity index (χ4n) is 4.38. The average molecular weight is 458 g/mol. The molecule has 0 aromatic heterocycles. The Morgan fingerprint density at radius 2 is 1.76 bits per heavy atom. The first kappa shape index (κ1) is 21.4. The Morgan fingerprint density at radius 1 is 1.06 bits per heavy atom. The van der Waals surface area contributed by atoms with E-state index in [4.69, 9.17) is 10.5 Å². The Balaban J connectivity index is 1.41. The van der Waals surface area contributed by atoms with E-state index >= 15 is 0 Å². The van der Waals surface area contributed by atoms with Gasteiger partial charge in [0.15, 0.2) is 6.10 Å². The van der Waals surface area contributed by atoms with E-state index in [1.165, 1.54) is 4.90 Å². The highest BCUT2D eigenvalue weighted by molar-refractivity contribution is 6.11. The molecule has 3 N–H and O–H groups in total. The minimum atomic E-state index is -1.32. The van der Waals surface area contributed by atoms with Gasteiger partial charge in [-0.2, -0.15) is 0 Å². The number of fused-ring (bicyclic) bond motifs is 2. The van der Waals surface area contributed by atoms with Crippen LogP contribution in [0.25, 0.3) is 10.8 Å². The van der Waals surface area contributed by atoms with E-state index in [-0.39, 0.29) is 6.54 Å². The zero-order chi connectivity index (χ0) is 24.0. The van der Waals surface area contributed by atoms with Gasteiger partial charge in [-0.15, -0.1) is 0 Å². The highest BCUT2D eigenvalue weighted by atomic mass is 16.5. The van der Waals surface area contributed by atoms with Crippen LogP contribution in [0.15, 0.2) is 66.7 Å². The predicted molar refractivity (Wildman–Crippen MR) is 124 cm³/mol. The van der Waals surface area contributed by atoms with Crippen molar-refractivity contribution in [3.05, 3.63) is 72.3 Å². The number of imide groups is 1. The molecule has 0 spiro atoms. The highest BCUT2D eigenvalue weighted by Gasteiger charge is 2.50. The highest BCUT2D eigenvalue weighted by Crippen LogP contribution is 2.34. The number of carbonyl (C=O) groups is 4. The van der Waals surface area contributed by atoms with Crippen LogP contribution in [0.4, 0.5) is 10.5 Å². The minimum absolute atomic E-state index is 0.114. The smallest absolute Gasteiger partial charge is 0.325 e. The Bertz CT molecular complexity index is 1360. The third kappa shape index (κ3) is 3.42. The molecule has 5 rings (SSSR count). The number of para-hydroxylation sites is 2. The number of nitrogens with zero attached hydrogens (tertiary/aromatic N) is 2. The number of hydrogen-bond acceptors (Lipinski definition) is 5. The average Bonchev–Trinajstić information content (AvgIpc) is 3.06. The molecular formula is C25H22N4O5. The monoisotopic (exact) mass is 458 g/mol. The number of carbonyl (C=O) groups excluding carboxylic acids is 4. The Morgan fingerprint density at radius 3 is 2.53 bits per heavy atom. The number of rotatable bonds is 4. The van der Waals surface area contributed by atoms with Gasteiger partial charge in [0.25, 0.3) is 11.8 Å². The first-order chi connectivity index (χ1) is 16.3. The zero-order valence-electron chi connectivity index (χ0n) is 18.4. The molecule has 5 amide bonds. The predicted octanol–water partition coefficient (Wildman–Crippen LogP) is 1.89. The van der Waals surface area contributed by atoms with E-state index in [1.807, 2.05) is 36.4 Å². The quantitative estimate of drug-likeness (QED) is 0.578. The molecule has 0 unspecified atom stereocenters. The van der Waals surface area contributed by atoms with Gasteiger partial charge in [0.1, 0.15) is 17.8 Å². The van der Waals surface area contributed by atoms with E-state index in [1.54, 1.807) is 37.3 Å². The molecule has 3 aromatic rings. The summed E-state index contributed by atoms with van der Waals surface area (Å²) in [6.07, 6.45) is -1.04. The van der Waals surface area contributed by atoms with Gasteiger partial charge < -0.3 is 20.7 Å². The third-order valence-corrected chi connectivity index (χ3v) is 6.29. The molecule has 0 aliphatic carbocycles. The molecule has 2 heterocycles. The molecule has 2 aliphatic heterocycles. The van der Waals surface area contributed by atoms with Crippen molar-refractivity contribution in [3.8, 4) is 5.75 Å². The number of primary amides is 1. The summed E-state index contributed by atoms with van der Waals surface area (Å²) in [4.78, 5) is 53.4. The molecule has 2 aliphatic rings. The molecule has 172 valence electrons. The van der Waals surface area contributed by atoms with Crippen molar-refractivity contribution in [3.63, 3.8) is 0 Å². The number of nitrogens with two attached hydrogens (primary N) is 1. The lowest BCUT2D eigenvalue weighted by molar-refractivity contribution is -0.134. The molecule has 3 aromatic carbocycles. The summed E-state index contributed by atoms with van der Waals surface area (Å²) in [5.74, 6) is -1.46. The SMILES string of the molecule is C[C@@]1(c2ccc3ccccc3c2)NC(=O)N(CC(=O)N2C[C@H](C(N)=O)Oc3ccccc32)C1=O. The van der Waals surface area contributed by atoms with Crippen molar-refractivity contribution in [2.75, 3.05) is 18.0 Å². The van der Waals surface area contributed by atoms with Crippen molar-refractivity contribution >= 4 is 40.2 Å². The van der Waals surface area contributed by atoms with E-state index in [0.29, 0.717) is 17.0 Å². The largest absolute Gasteiger partial charge is 0.477 e. The maximum atomic E-state index is 13.4. The van der Waals surface area contributed by atoms with Crippen molar-refractivity contribution in [1.29, 1.82) is 0 Å². The van der Waals surface area contributed by atoms with Crippen LogP contribution >= 0.6 is 0 Å². The molecular weight excluding hydrogens is 436 g/mol. The van der Waals surface area contributed by atoms with Crippen molar-refractivity contribution < 1.29 is 23.9 Å². The van der Waals surface area contributed by atoms with Crippen LogP contribution in [0.3, 0.4) is 0 Å². The van der Waals surface area contributed by atoms with Gasteiger partial charge in [-0.25, -0.2) is 4.79 Å². The number of urea groups is 1. The topological polar surface area (TPSA) is 122 Å². The fraction of sp³-hybridized carbons (Fsp3) is 0.200. The number of amides is 5. The van der Waals surface area contributed by atoms with Crippen LogP contribution in [0, 0.1) is 0 Å². The van der Waals surface area contributed by atoms with Gasteiger partial charge in [-0.3, -0.25) is 19.3 Å². The molecule has 9 heteroatoms. The van der Waals surface area contributed by atoms with Gasteiger partial charge in [0.2, 0.25) is 5.91 Å². The summed E-state index contributed by atoms with van der Waals surface area (Å²) in [5, 5.41) is 4.67. The molecule has 9 nitrogen and oxygen atoms in total. The lowest BCUT2D eigenvalue weighted by Gasteiger charge is -2.34. The van der Waals surface area contributed by atoms with E-state index in [9.17, 15) is 19.2 Å². The molecule has 2 atom stereocenters. The number of ether oxygens (including phenoxy) is 1. The van der Waals surface area contributed by atoms with Gasteiger partial charge in [-0.1, -0.05) is 48.5 Å². The van der Waals surface area contributed by atoms with Crippen LogP contribution < -0.4 is 20.7 Å². The van der Waals surface area contributed by atoms with Crippen molar-refractivity contribution in [1.82, 2.24) is 10.2 Å². The maximum Gasteiger partial charge on any atom is 0.325 e. The summed E-state index contributed by atoms with van der Waals surface area (Å²) < 4.78 is 5.58. The number of nitrogens with one attached hydrogen (secondary N) is 1. The van der Waals surface area contributed by atoms with E-state index in [2.05, 4.69) is 5.32 Å². The molecule has 34 heavy (non-hydrogen) atoms. The Labute approximate surface area is 195 Å². The first-order valence-electron chi connectivity index (χ1n) is 10.8. The lowest BCUT2D eigenvalue weighted by atomic mass is 9.90. The molecule has 1 saturated heterocycles. The number of benzene rings is 3. The summed E-state index contributed by atoms with van der Waals surface area (Å²) in [6.45, 7) is 1.01. The van der Waals surface area contributed by atoms with Crippen molar-refractivity contribution in [2.45, 2.75) is 18.6 Å². The van der Waals surface area contributed by atoms with Crippen LogP contribution in [-0.2, 0) is 19.9 Å². The Kier molecular flexibility index (Phi) is 4.97. The molecule has 0 radical (unpaired) electrons. The van der Waals surface area contributed by atoms with Gasteiger partial charge in [-0.05, 0) is 41.5 Å². The standard InChI is InChI=1S/C25H22N4O5/c1-25(17-11-10-15-6-2-3-7-16(15)12-17)23(32)29(24(33)27-25)14-21(30)28-13-20(22(26)31)34-19-9-5-4-8-18(19)28/h2-12,20H,13-14H2,1H3,(H2,26,31)(H,27,33)/t20-,25+/m1/s1. The summed E-state index contributed by atoms with van der Waals surface area (Å²) in [5.41, 5.74) is 5.14. The third-order valence-electron chi connectivity index (χ3n) is 6.29. The second-order valence-electron chi connectivity index (χ2n) is 8.49. The normalized spacial score (nSPS) is 21.7. The van der Waals surface area contributed by atoms with Crippen LogP contribution in [0.2, 0.25) is 0 Å². The maximum absolute atomic E-state index is 13.4.